The number of carbonyl (C=O) groups excluding carboxylic acids is 1. The van der Waals surface area contributed by atoms with E-state index in [0.717, 1.165) is 62.7 Å². The molecule has 0 saturated heterocycles. The first kappa shape index (κ1) is 17.9. The summed E-state index contributed by atoms with van der Waals surface area (Å²) in [7, 11) is 0. The van der Waals surface area contributed by atoms with Crippen LogP contribution < -0.4 is 4.74 Å². The largest absolute Gasteiger partial charge is 0.494 e. The summed E-state index contributed by atoms with van der Waals surface area (Å²) < 4.78 is 5.96. The van der Waals surface area contributed by atoms with E-state index >= 15 is 0 Å². The summed E-state index contributed by atoms with van der Waals surface area (Å²) in [5.41, 5.74) is 5.02. The van der Waals surface area contributed by atoms with Crippen LogP contribution in [0.4, 0.5) is 0 Å². The Balaban J connectivity index is 1.16. The molecule has 0 N–H and O–H groups in total. The van der Waals surface area contributed by atoms with Gasteiger partial charge in [-0.05, 0) is 60.4 Å². The number of benzene rings is 2. The first-order valence-electron chi connectivity index (χ1n) is 10.8. The summed E-state index contributed by atoms with van der Waals surface area (Å²) in [6.45, 7) is 3.85. The molecule has 5 rings (SSSR count). The van der Waals surface area contributed by atoms with Crippen LogP contribution in [0, 0.1) is 11.8 Å². The van der Waals surface area contributed by atoms with Crippen LogP contribution in [0.15, 0.2) is 42.5 Å². The van der Waals surface area contributed by atoms with E-state index in [1.807, 2.05) is 12.1 Å². The highest BCUT2D eigenvalue weighted by Gasteiger charge is 2.30. The first-order valence-corrected chi connectivity index (χ1v) is 10.8. The zero-order chi connectivity index (χ0) is 18.9. The highest BCUT2D eigenvalue weighted by Crippen LogP contribution is 2.33. The van der Waals surface area contributed by atoms with Crippen molar-refractivity contribution in [1.82, 2.24) is 4.90 Å². The lowest BCUT2D eigenvalue weighted by molar-refractivity contribution is 0.0967. The maximum Gasteiger partial charge on any atom is 0.165 e. The molecule has 2 aliphatic carbocycles. The van der Waals surface area contributed by atoms with Gasteiger partial charge < -0.3 is 4.74 Å². The average Bonchev–Trinajstić information content (AvgIpc) is 3.62. The van der Waals surface area contributed by atoms with Crippen LogP contribution in [0.1, 0.15) is 59.2 Å². The van der Waals surface area contributed by atoms with Gasteiger partial charge in [0.1, 0.15) is 5.75 Å². The van der Waals surface area contributed by atoms with Crippen molar-refractivity contribution in [3.63, 3.8) is 0 Å². The highest BCUT2D eigenvalue weighted by atomic mass is 16.5. The van der Waals surface area contributed by atoms with Crippen molar-refractivity contribution >= 4 is 5.78 Å². The molecule has 1 aliphatic heterocycles. The van der Waals surface area contributed by atoms with E-state index in [0.29, 0.717) is 11.7 Å². The molecule has 0 atom stereocenters. The number of hydrogen-bond acceptors (Lipinski definition) is 3. The third-order valence-electron chi connectivity index (χ3n) is 6.35. The van der Waals surface area contributed by atoms with Crippen LogP contribution in [0.5, 0.6) is 5.75 Å². The van der Waals surface area contributed by atoms with Crippen molar-refractivity contribution in [3.8, 4) is 5.75 Å². The zero-order valence-corrected chi connectivity index (χ0v) is 16.5. The molecular weight excluding hydrogens is 346 g/mol. The highest BCUT2D eigenvalue weighted by molar-refractivity contribution is 5.99. The van der Waals surface area contributed by atoms with Crippen molar-refractivity contribution in [1.29, 1.82) is 0 Å². The van der Waals surface area contributed by atoms with Gasteiger partial charge in [-0.1, -0.05) is 43.2 Å². The van der Waals surface area contributed by atoms with Gasteiger partial charge in [0, 0.05) is 31.1 Å². The second-order valence-corrected chi connectivity index (χ2v) is 8.81. The van der Waals surface area contributed by atoms with E-state index in [-0.39, 0.29) is 0 Å². The number of carbonyl (C=O) groups is 1. The first-order chi connectivity index (χ1) is 13.7. The van der Waals surface area contributed by atoms with Gasteiger partial charge in [0.15, 0.2) is 5.78 Å². The topological polar surface area (TPSA) is 29.5 Å². The minimum Gasteiger partial charge on any atom is -0.494 e. The lowest BCUT2D eigenvalue weighted by atomic mass is 9.98. The van der Waals surface area contributed by atoms with Crippen molar-refractivity contribution in [2.75, 3.05) is 13.2 Å². The predicted molar refractivity (Wildman–Crippen MR) is 111 cm³/mol. The quantitative estimate of drug-likeness (QED) is 0.607. The fourth-order valence-electron chi connectivity index (χ4n) is 4.18. The molecule has 2 aromatic carbocycles. The van der Waals surface area contributed by atoms with Gasteiger partial charge in [0.25, 0.3) is 0 Å². The molecule has 2 saturated carbocycles. The van der Waals surface area contributed by atoms with Crippen LogP contribution in [0.25, 0.3) is 0 Å². The molecule has 3 heteroatoms. The fraction of sp³-hybridized carbons (Fsp3) is 0.480. The second kappa shape index (κ2) is 7.71. The molecule has 0 unspecified atom stereocenters. The zero-order valence-electron chi connectivity index (χ0n) is 16.5. The SMILES string of the molecule is O=C(c1ccc(CN2CCc3cc(OCCC4CC4)ccc3C2)cc1)C1CC1. The third kappa shape index (κ3) is 4.30. The number of nitrogens with zero attached hydrogens (tertiary/aromatic N) is 1. The molecule has 0 spiro atoms. The van der Waals surface area contributed by atoms with Gasteiger partial charge in [-0.2, -0.15) is 0 Å². The Morgan fingerprint density at radius 2 is 1.82 bits per heavy atom. The van der Waals surface area contributed by atoms with E-state index < -0.39 is 0 Å². The van der Waals surface area contributed by atoms with Crippen LogP contribution in [-0.2, 0) is 19.5 Å². The van der Waals surface area contributed by atoms with Crippen molar-refractivity contribution in [2.24, 2.45) is 11.8 Å². The fourth-order valence-corrected chi connectivity index (χ4v) is 4.18. The molecule has 0 radical (unpaired) electrons. The summed E-state index contributed by atoms with van der Waals surface area (Å²) in [5, 5.41) is 0. The summed E-state index contributed by atoms with van der Waals surface area (Å²) >= 11 is 0. The molecule has 2 fully saturated rings. The lowest BCUT2D eigenvalue weighted by Crippen LogP contribution is -2.30. The summed E-state index contributed by atoms with van der Waals surface area (Å²) in [4.78, 5) is 14.6. The maximum atomic E-state index is 12.2. The number of hydrogen-bond donors (Lipinski definition) is 0. The molecular formula is C25H29NO2. The number of fused-ring (bicyclic) bond motifs is 1. The Kier molecular flexibility index (Phi) is 4.94. The van der Waals surface area contributed by atoms with Gasteiger partial charge in [0.05, 0.1) is 6.61 Å². The van der Waals surface area contributed by atoms with Gasteiger partial charge in [-0.3, -0.25) is 9.69 Å². The Labute approximate surface area is 167 Å². The number of ketones is 1. The molecule has 0 bridgehead atoms. The van der Waals surface area contributed by atoms with Crippen molar-refractivity contribution in [2.45, 2.75) is 51.6 Å². The van der Waals surface area contributed by atoms with E-state index in [2.05, 4.69) is 35.2 Å². The molecule has 28 heavy (non-hydrogen) atoms. The molecule has 0 amide bonds. The minimum absolute atomic E-state index is 0.298. The molecule has 3 nitrogen and oxygen atoms in total. The number of Topliss-reactive ketones (excluding diaryl/α,β-unsaturated/α-hetero) is 1. The van der Waals surface area contributed by atoms with Gasteiger partial charge >= 0.3 is 0 Å². The van der Waals surface area contributed by atoms with Crippen LogP contribution in [0.2, 0.25) is 0 Å². The Hall–Kier alpha value is -2.13. The molecule has 0 aromatic heterocycles. The Morgan fingerprint density at radius 3 is 2.57 bits per heavy atom. The molecule has 146 valence electrons. The maximum absolute atomic E-state index is 12.2. The van der Waals surface area contributed by atoms with E-state index in [1.54, 1.807) is 0 Å². The van der Waals surface area contributed by atoms with Crippen LogP contribution in [0.3, 0.4) is 0 Å². The summed E-state index contributed by atoms with van der Waals surface area (Å²) in [5.74, 6) is 2.58. The minimum atomic E-state index is 0.298. The number of ether oxygens (including phenoxy) is 1. The van der Waals surface area contributed by atoms with Crippen LogP contribution >= 0.6 is 0 Å². The Morgan fingerprint density at radius 1 is 1.00 bits per heavy atom. The van der Waals surface area contributed by atoms with E-state index in [9.17, 15) is 4.79 Å². The van der Waals surface area contributed by atoms with Gasteiger partial charge in [0.2, 0.25) is 0 Å². The summed E-state index contributed by atoms with van der Waals surface area (Å²) in [6, 6.07) is 14.9. The van der Waals surface area contributed by atoms with E-state index in [1.165, 1.54) is 36.0 Å². The van der Waals surface area contributed by atoms with Gasteiger partial charge in [-0.25, -0.2) is 0 Å². The lowest BCUT2D eigenvalue weighted by Gasteiger charge is -2.29. The van der Waals surface area contributed by atoms with Crippen molar-refractivity contribution in [3.05, 3.63) is 64.7 Å². The molecule has 2 aromatic rings. The Bertz CT molecular complexity index is 849. The number of rotatable bonds is 8. The average molecular weight is 376 g/mol. The van der Waals surface area contributed by atoms with E-state index in [4.69, 9.17) is 4.74 Å². The molecule has 3 aliphatic rings. The normalized spacial score (nSPS) is 19.3. The standard InChI is InChI=1S/C25H29NO2/c27-25(21-7-8-21)20-5-3-19(4-6-20)16-26-13-11-22-15-24(10-9-23(22)17-26)28-14-12-18-1-2-18/h3-6,9-10,15,18,21H,1-2,7-8,11-14,16-17H2. The third-order valence-corrected chi connectivity index (χ3v) is 6.35. The molecule has 1 heterocycles. The van der Waals surface area contributed by atoms with Crippen molar-refractivity contribution < 1.29 is 9.53 Å². The summed E-state index contributed by atoms with van der Waals surface area (Å²) in [6.07, 6.45) is 7.21. The van der Waals surface area contributed by atoms with Gasteiger partial charge in [-0.15, -0.1) is 0 Å². The monoisotopic (exact) mass is 375 g/mol. The van der Waals surface area contributed by atoms with Crippen LogP contribution in [-0.4, -0.2) is 23.8 Å². The second-order valence-electron chi connectivity index (χ2n) is 8.81. The smallest absolute Gasteiger partial charge is 0.165 e. The predicted octanol–water partition coefficient (Wildman–Crippen LogP) is 5.02.